The van der Waals surface area contributed by atoms with Crippen molar-refractivity contribution in [1.82, 2.24) is 15.8 Å². The number of carbonyl (C=O) groups excluding carboxylic acids is 2. The molecule has 25 heavy (non-hydrogen) atoms. The molecule has 0 radical (unpaired) electrons. The van der Waals surface area contributed by atoms with Crippen LogP contribution in [-0.2, 0) is 6.54 Å². The van der Waals surface area contributed by atoms with Gasteiger partial charge in [-0.15, -0.1) is 0 Å². The van der Waals surface area contributed by atoms with Gasteiger partial charge < -0.3 is 4.42 Å². The molecule has 0 aliphatic carbocycles. The SMILES string of the molecule is CCN(CC)Cc1ccc(C(=O)NNC(=O)c2ccc(C)cc2C)o1. The van der Waals surface area contributed by atoms with Crippen molar-refractivity contribution in [2.45, 2.75) is 34.2 Å². The molecule has 2 aromatic rings. The number of aryl methyl sites for hydroxylation is 2. The van der Waals surface area contributed by atoms with Gasteiger partial charge in [0.15, 0.2) is 5.76 Å². The van der Waals surface area contributed by atoms with Gasteiger partial charge in [0.2, 0.25) is 0 Å². The number of carbonyl (C=O) groups is 2. The Kier molecular flexibility index (Phi) is 6.36. The molecule has 134 valence electrons. The zero-order valence-corrected chi connectivity index (χ0v) is 15.2. The van der Waals surface area contributed by atoms with Gasteiger partial charge in [-0.3, -0.25) is 25.3 Å². The topological polar surface area (TPSA) is 74.6 Å². The standard InChI is InChI=1S/C19H25N3O3/c1-5-22(6-2)12-15-8-10-17(25-15)19(24)21-20-18(23)16-9-7-13(3)11-14(16)4/h7-11H,5-6,12H2,1-4H3,(H,20,23)(H,21,24). The Morgan fingerprint density at radius 1 is 1.00 bits per heavy atom. The highest BCUT2D eigenvalue weighted by Crippen LogP contribution is 2.11. The zero-order valence-electron chi connectivity index (χ0n) is 15.2. The van der Waals surface area contributed by atoms with E-state index in [1.54, 1.807) is 18.2 Å². The summed E-state index contributed by atoms with van der Waals surface area (Å²) in [5.41, 5.74) is 7.26. The average molecular weight is 343 g/mol. The lowest BCUT2D eigenvalue weighted by Crippen LogP contribution is -2.41. The quantitative estimate of drug-likeness (QED) is 0.791. The summed E-state index contributed by atoms with van der Waals surface area (Å²) in [7, 11) is 0. The van der Waals surface area contributed by atoms with Crippen LogP contribution in [0.4, 0.5) is 0 Å². The lowest BCUT2D eigenvalue weighted by atomic mass is 10.1. The molecule has 6 nitrogen and oxygen atoms in total. The van der Waals surface area contributed by atoms with E-state index in [-0.39, 0.29) is 11.7 Å². The molecular formula is C19H25N3O3. The highest BCUT2D eigenvalue weighted by molar-refractivity contribution is 5.98. The maximum Gasteiger partial charge on any atom is 0.305 e. The van der Waals surface area contributed by atoms with Crippen LogP contribution in [0.1, 0.15) is 51.6 Å². The Morgan fingerprint density at radius 3 is 2.32 bits per heavy atom. The molecule has 1 aromatic carbocycles. The van der Waals surface area contributed by atoms with E-state index >= 15 is 0 Å². The second-order valence-corrected chi connectivity index (χ2v) is 5.95. The van der Waals surface area contributed by atoms with Crippen LogP contribution in [-0.4, -0.2) is 29.8 Å². The summed E-state index contributed by atoms with van der Waals surface area (Å²) < 4.78 is 5.55. The summed E-state index contributed by atoms with van der Waals surface area (Å²) in [6.07, 6.45) is 0. The van der Waals surface area contributed by atoms with Crippen LogP contribution < -0.4 is 10.9 Å². The first-order chi connectivity index (χ1) is 11.9. The third kappa shape index (κ3) is 4.93. The Bertz CT molecular complexity index is 748. The van der Waals surface area contributed by atoms with Crippen LogP contribution in [0.2, 0.25) is 0 Å². The highest BCUT2D eigenvalue weighted by atomic mass is 16.4. The van der Waals surface area contributed by atoms with E-state index in [0.717, 1.165) is 30.0 Å². The molecule has 2 rings (SSSR count). The van der Waals surface area contributed by atoms with Gasteiger partial charge in [0.25, 0.3) is 5.91 Å². The molecular weight excluding hydrogens is 318 g/mol. The number of amides is 2. The molecule has 0 aliphatic heterocycles. The van der Waals surface area contributed by atoms with Crippen molar-refractivity contribution in [3.8, 4) is 0 Å². The Morgan fingerprint density at radius 2 is 1.68 bits per heavy atom. The Balaban J connectivity index is 1.94. The normalized spacial score (nSPS) is 10.8. The minimum Gasteiger partial charge on any atom is -0.454 e. The van der Waals surface area contributed by atoms with Gasteiger partial charge in [-0.1, -0.05) is 31.5 Å². The lowest BCUT2D eigenvalue weighted by Gasteiger charge is -2.15. The van der Waals surface area contributed by atoms with Crippen LogP contribution in [0.15, 0.2) is 34.7 Å². The number of hydrogen-bond acceptors (Lipinski definition) is 4. The largest absolute Gasteiger partial charge is 0.454 e. The molecule has 0 atom stereocenters. The second kappa shape index (κ2) is 8.48. The van der Waals surface area contributed by atoms with Crippen LogP contribution in [0.5, 0.6) is 0 Å². The maximum absolute atomic E-state index is 12.2. The fourth-order valence-corrected chi connectivity index (χ4v) is 2.56. The molecule has 0 saturated carbocycles. The smallest absolute Gasteiger partial charge is 0.305 e. The van der Waals surface area contributed by atoms with E-state index < -0.39 is 5.91 Å². The van der Waals surface area contributed by atoms with Crippen molar-refractivity contribution in [2.24, 2.45) is 0 Å². The van der Waals surface area contributed by atoms with Gasteiger partial charge in [-0.25, -0.2) is 0 Å². The molecule has 2 amide bonds. The number of hydrazine groups is 1. The summed E-state index contributed by atoms with van der Waals surface area (Å²) in [5.74, 6) is 0.0438. The Labute approximate surface area is 148 Å². The van der Waals surface area contributed by atoms with E-state index in [9.17, 15) is 9.59 Å². The molecule has 1 heterocycles. The summed E-state index contributed by atoms with van der Waals surface area (Å²) in [6, 6.07) is 8.90. The van der Waals surface area contributed by atoms with Gasteiger partial charge in [0.05, 0.1) is 6.54 Å². The van der Waals surface area contributed by atoms with Gasteiger partial charge in [0.1, 0.15) is 5.76 Å². The fourth-order valence-electron chi connectivity index (χ4n) is 2.56. The maximum atomic E-state index is 12.2. The van der Waals surface area contributed by atoms with E-state index in [1.807, 2.05) is 26.0 Å². The number of benzene rings is 1. The summed E-state index contributed by atoms with van der Waals surface area (Å²) in [4.78, 5) is 26.5. The number of furan rings is 1. The molecule has 0 fully saturated rings. The molecule has 0 bridgehead atoms. The highest BCUT2D eigenvalue weighted by Gasteiger charge is 2.15. The van der Waals surface area contributed by atoms with Gasteiger partial charge in [0, 0.05) is 5.56 Å². The van der Waals surface area contributed by atoms with Crippen LogP contribution >= 0.6 is 0 Å². The average Bonchev–Trinajstić information content (AvgIpc) is 3.06. The van der Waals surface area contributed by atoms with E-state index in [0.29, 0.717) is 12.1 Å². The first-order valence-electron chi connectivity index (χ1n) is 8.43. The number of hydrogen-bond donors (Lipinski definition) is 2. The predicted molar refractivity (Wildman–Crippen MR) is 96.2 cm³/mol. The van der Waals surface area contributed by atoms with Crippen molar-refractivity contribution in [1.29, 1.82) is 0 Å². The second-order valence-electron chi connectivity index (χ2n) is 5.95. The summed E-state index contributed by atoms with van der Waals surface area (Å²) >= 11 is 0. The fraction of sp³-hybridized carbons (Fsp3) is 0.368. The monoisotopic (exact) mass is 343 g/mol. The summed E-state index contributed by atoms with van der Waals surface area (Å²) in [6.45, 7) is 10.4. The lowest BCUT2D eigenvalue weighted by molar-refractivity contribution is 0.0828. The minimum absolute atomic E-state index is 0.170. The third-order valence-electron chi connectivity index (χ3n) is 4.08. The van der Waals surface area contributed by atoms with Crippen molar-refractivity contribution in [3.05, 3.63) is 58.5 Å². The number of rotatable bonds is 6. The molecule has 0 spiro atoms. The summed E-state index contributed by atoms with van der Waals surface area (Å²) in [5, 5.41) is 0. The first-order valence-corrected chi connectivity index (χ1v) is 8.43. The van der Waals surface area contributed by atoms with Crippen molar-refractivity contribution < 1.29 is 14.0 Å². The van der Waals surface area contributed by atoms with E-state index in [2.05, 4.69) is 29.6 Å². The van der Waals surface area contributed by atoms with Crippen LogP contribution in [0, 0.1) is 13.8 Å². The minimum atomic E-state index is -0.482. The number of nitrogens with zero attached hydrogens (tertiary/aromatic N) is 1. The van der Waals surface area contributed by atoms with Crippen molar-refractivity contribution >= 4 is 11.8 Å². The zero-order chi connectivity index (χ0) is 18.4. The molecule has 0 aliphatic rings. The number of nitrogens with one attached hydrogen (secondary N) is 2. The molecule has 0 saturated heterocycles. The third-order valence-corrected chi connectivity index (χ3v) is 4.08. The first kappa shape index (κ1) is 18.7. The van der Waals surface area contributed by atoms with Crippen molar-refractivity contribution in [3.63, 3.8) is 0 Å². The van der Waals surface area contributed by atoms with Crippen LogP contribution in [0.3, 0.4) is 0 Å². The molecule has 2 N–H and O–H groups in total. The van der Waals surface area contributed by atoms with Gasteiger partial charge >= 0.3 is 5.91 Å². The van der Waals surface area contributed by atoms with Gasteiger partial charge in [-0.05, 0) is 50.7 Å². The Hall–Kier alpha value is -2.60. The van der Waals surface area contributed by atoms with E-state index in [1.165, 1.54) is 0 Å². The predicted octanol–water partition coefficient (Wildman–Crippen LogP) is 2.81. The van der Waals surface area contributed by atoms with Crippen LogP contribution in [0.25, 0.3) is 0 Å². The van der Waals surface area contributed by atoms with Gasteiger partial charge in [-0.2, -0.15) is 0 Å². The van der Waals surface area contributed by atoms with E-state index in [4.69, 9.17) is 4.42 Å². The molecule has 1 aromatic heterocycles. The molecule has 0 unspecified atom stereocenters. The molecule has 6 heteroatoms. The van der Waals surface area contributed by atoms with Crippen molar-refractivity contribution in [2.75, 3.05) is 13.1 Å².